The van der Waals surface area contributed by atoms with Crippen LogP contribution in [0.1, 0.15) is 11.7 Å². The lowest BCUT2D eigenvalue weighted by Gasteiger charge is -2.25. The molecule has 2 aliphatic rings. The largest absolute Gasteiger partial charge is 0.368 e. The first-order chi connectivity index (χ1) is 10.2. The van der Waals surface area contributed by atoms with Gasteiger partial charge in [-0.05, 0) is 12.1 Å². The summed E-state index contributed by atoms with van der Waals surface area (Å²) in [7, 11) is -3.49. The molecule has 4 rings (SSSR count). The summed E-state index contributed by atoms with van der Waals surface area (Å²) in [6.45, 7) is 1.13. The van der Waals surface area contributed by atoms with Crippen LogP contribution in [0.5, 0.6) is 0 Å². The molecule has 1 unspecified atom stereocenters. The van der Waals surface area contributed by atoms with Gasteiger partial charge in [0.25, 0.3) is 0 Å². The average Bonchev–Trinajstić information content (AvgIpc) is 3.14. The number of sulfonamides is 1. The fraction of sp³-hybridized carbons (Fsp3) is 0.385. The second kappa shape index (κ2) is 4.62. The van der Waals surface area contributed by atoms with E-state index in [9.17, 15) is 8.42 Å². The van der Waals surface area contributed by atoms with Crippen LogP contribution >= 0.6 is 0 Å². The molecule has 1 saturated heterocycles. The number of aromatic nitrogens is 3. The molecule has 0 radical (unpaired) electrons. The third-order valence-electron chi connectivity index (χ3n) is 3.99. The van der Waals surface area contributed by atoms with E-state index >= 15 is 0 Å². The molecule has 0 aliphatic carbocycles. The van der Waals surface area contributed by atoms with Crippen molar-refractivity contribution in [3.05, 3.63) is 42.2 Å². The van der Waals surface area contributed by atoms with Gasteiger partial charge < -0.3 is 4.74 Å². The van der Waals surface area contributed by atoms with Crippen LogP contribution in [0.3, 0.4) is 0 Å². The van der Waals surface area contributed by atoms with E-state index in [1.54, 1.807) is 41.2 Å². The monoisotopic (exact) mass is 306 g/mol. The maximum atomic E-state index is 12.7. The van der Waals surface area contributed by atoms with Crippen LogP contribution < -0.4 is 0 Å². The molecule has 0 saturated carbocycles. The molecule has 0 bridgehead atoms. The van der Waals surface area contributed by atoms with Crippen molar-refractivity contribution in [1.29, 1.82) is 0 Å². The zero-order chi connectivity index (χ0) is 14.4. The van der Waals surface area contributed by atoms with E-state index in [-0.39, 0.29) is 12.1 Å². The van der Waals surface area contributed by atoms with Crippen LogP contribution in [-0.2, 0) is 21.4 Å². The Bertz CT molecular complexity index is 759. The summed E-state index contributed by atoms with van der Waals surface area (Å²) < 4.78 is 34.3. The molecule has 1 aromatic heterocycles. The van der Waals surface area contributed by atoms with Gasteiger partial charge in [0.1, 0.15) is 0 Å². The van der Waals surface area contributed by atoms with Crippen LogP contribution in [-0.4, -0.2) is 46.9 Å². The predicted molar refractivity (Wildman–Crippen MR) is 72.8 cm³/mol. The summed E-state index contributed by atoms with van der Waals surface area (Å²) in [6, 6.07) is 8.37. The fourth-order valence-corrected chi connectivity index (χ4v) is 4.39. The summed E-state index contributed by atoms with van der Waals surface area (Å²) in [5.74, 6) is 0. The highest BCUT2D eigenvalue weighted by Crippen LogP contribution is 2.33. The Morgan fingerprint density at radius 2 is 2.00 bits per heavy atom. The van der Waals surface area contributed by atoms with Gasteiger partial charge in [-0.3, -0.25) is 0 Å². The smallest absolute Gasteiger partial charge is 0.243 e. The van der Waals surface area contributed by atoms with Crippen molar-refractivity contribution in [1.82, 2.24) is 19.3 Å². The first-order valence-corrected chi connectivity index (χ1v) is 8.16. The van der Waals surface area contributed by atoms with Crippen molar-refractivity contribution >= 4 is 10.0 Å². The minimum absolute atomic E-state index is 0.102. The summed E-state index contributed by atoms with van der Waals surface area (Å²) in [6.07, 6.45) is 1.49. The molecule has 1 aromatic carbocycles. The lowest BCUT2D eigenvalue weighted by atomic mass is 10.2. The molecule has 0 spiro atoms. The molecule has 7 nitrogen and oxygen atoms in total. The second-order valence-corrected chi connectivity index (χ2v) is 7.16. The van der Waals surface area contributed by atoms with Gasteiger partial charge in [0.05, 0.1) is 35.5 Å². The van der Waals surface area contributed by atoms with E-state index in [1.165, 1.54) is 4.31 Å². The molecule has 2 atom stereocenters. The Balaban J connectivity index is 1.66. The summed E-state index contributed by atoms with van der Waals surface area (Å²) in [5.41, 5.74) is 0.884. The van der Waals surface area contributed by atoms with Gasteiger partial charge in [-0.1, -0.05) is 23.4 Å². The van der Waals surface area contributed by atoms with Gasteiger partial charge in [0, 0.05) is 13.1 Å². The Kier molecular flexibility index (Phi) is 2.84. The zero-order valence-electron chi connectivity index (χ0n) is 11.2. The quantitative estimate of drug-likeness (QED) is 0.804. The van der Waals surface area contributed by atoms with Gasteiger partial charge in [0.2, 0.25) is 10.0 Å². The highest BCUT2D eigenvalue weighted by atomic mass is 32.2. The minimum Gasteiger partial charge on any atom is -0.368 e. The standard InChI is InChI=1S/C13H14N4O3S/c18-21(19,11-4-2-1-3-5-11)16-7-12-13(8-16)20-9-10-6-14-15-17(10)12/h1-6,12-13H,7-9H2/t12-,13?/m1/s1. The predicted octanol–water partition coefficient (Wildman–Crippen LogP) is 0.422. The molecule has 3 heterocycles. The normalized spacial score (nSPS) is 25.5. The molecule has 2 aliphatic heterocycles. The fourth-order valence-electron chi connectivity index (χ4n) is 2.90. The maximum Gasteiger partial charge on any atom is 0.243 e. The summed E-state index contributed by atoms with van der Waals surface area (Å²) >= 11 is 0. The van der Waals surface area contributed by atoms with E-state index in [1.807, 2.05) is 0 Å². The SMILES string of the molecule is O=S(=O)(c1ccccc1)N1CC2OCc3cnnn3[C@@H]2C1. The molecule has 8 heteroatoms. The minimum atomic E-state index is -3.49. The number of hydrogen-bond acceptors (Lipinski definition) is 5. The topological polar surface area (TPSA) is 77.3 Å². The molecule has 110 valence electrons. The summed E-state index contributed by atoms with van der Waals surface area (Å²) in [5, 5.41) is 7.93. The van der Waals surface area contributed by atoms with Crippen molar-refractivity contribution in [2.45, 2.75) is 23.6 Å². The van der Waals surface area contributed by atoms with Crippen molar-refractivity contribution < 1.29 is 13.2 Å². The van der Waals surface area contributed by atoms with Gasteiger partial charge in [-0.15, -0.1) is 5.10 Å². The van der Waals surface area contributed by atoms with Gasteiger partial charge in [-0.2, -0.15) is 4.31 Å². The van der Waals surface area contributed by atoms with Crippen LogP contribution in [0, 0.1) is 0 Å². The molecule has 0 N–H and O–H groups in total. The Labute approximate surface area is 122 Å². The van der Waals surface area contributed by atoms with Crippen molar-refractivity contribution in [2.75, 3.05) is 13.1 Å². The van der Waals surface area contributed by atoms with Crippen LogP contribution in [0.15, 0.2) is 41.4 Å². The Morgan fingerprint density at radius 1 is 1.19 bits per heavy atom. The lowest BCUT2D eigenvalue weighted by molar-refractivity contribution is -0.00389. The zero-order valence-corrected chi connectivity index (χ0v) is 12.0. The maximum absolute atomic E-state index is 12.7. The van der Waals surface area contributed by atoms with Crippen molar-refractivity contribution in [3.8, 4) is 0 Å². The van der Waals surface area contributed by atoms with Crippen molar-refractivity contribution in [3.63, 3.8) is 0 Å². The van der Waals surface area contributed by atoms with E-state index in [2.05, 4.69) is 10.3 Å². The third kappa shape index (κ3) is 1.98. The molecular weight excluding hydrogens is 292 g/mol. The number of rotatable bonds is 2. The Morgan fingerprint density at radius 3 is 2.81 bits per heavy atom. The first-order valence-electron chi connectivity index (χ1n) is 6.72. The third-order valence-corrected chi connectivity index (χ3v) is 5.84. The molecule has 2 aromatic rings. The van der Waals surface area contributed by atoms with Gasteiger partial charge in [0.15, 0.2) is 0 Å². The highest BCUT2D eigenvalue weighted by Gasteiger charge is 2.44. The van der Waals surface area contributed by atoms with Gasteiger partial charge >= 0.3 is 0 Å². The van der Waals surface area contributed by atoms with Crippen LogP contribution in [0.25, 0.3) is 0 Å². The number of fused-ring (bicyclic) bond motifs is 3. The Hall–Kier alpha value is -1.77. The summed E-state index contributed by atoms with van der Waals surface area (Å²) in [4.78, 5) is 0.308. The van der Waals surface area contributed by atoms with Crippen molar-refractivity contribution in [2.24, 2.45) is 0 Å². The van der Waals surface area contributed by atoms with E-state index in [0.717, 1.165) is 5.69 Å². The van der Waals surface area contributed by atoms with Crippen LogP contribution in [0.4, 0.5) is 0 Å². The number of benzene rings is 1. The number of ether oxygens (including phenoxy) is 1. The molecule has 0 amide bonds. The van der Waals surface area contributed by atoms with Gasteiger partial charge in [-0.25, -0.2) is 13.1 Å². The first kappa shape index (κ1) is 12.9. The van der Waals surface area contributed by atoms with E-state index in [0.29, 0.717) is 24.6 Å². The number of hydrogen-bond donors (Lipinski definition) is 0. The van der Waals surface area contributed by atoms with E-state index in [4.69, 9.17) is 4.74 Å². The molecular formula is C13H14N4O3S. The van der Waals surface area contributed by atoms with Crippen LogP contribution in [0.2, 0.25) is 0 Å². The average molecular weight is 306 g/mol. The molecule has 21 heavy (non-hydrogen) atoms. The number of nitrogens with zero attached hydrogens (tertiary/aromatic N) is 4. The molecule has 1 fully saturated rings. The lowest BCUT2D eigenvalue weighted by Crippen LogP contribution is -2.32. The highest BCUT2D eigenvalue weighted by molar-refractivity contribution is 7.89. The second-order valence-electron chi connectivity index (χ2n) is 5.22. The van der Waals surface area contributed by atoms with E-state index < -0.39 is 10.0 Å².